The van der Waals surface area contributed by atoms with Crippen molar-refractivity contribution in [3.05, 3.63) is 24.3 Å². The van der Waals surface area contributed by atoms with Crippen molar-refractivity contribution < 1.29 is 22.7 Å². The van der Waals surface area contributed by atoms with E-state index in [2.05, 4.69) is 5.32 Å². The number of hydrogen-bond acceptors (Lipinski definition) is 6. The second-order valence-corrected chi connectivity index (χ2v) is 8.97. The Labute approximate surface area is 174 Å². The number of nitrogens with one attached hydrogen (secondary N) is 1. The van der Waals surface area contributed by atoms with Gasteiger partial charge in [-0.15, -0.1) is 0 Å². The Morgan fingerprint density at radius 2 is 1.62 bits per heavy atom. The van der Waals surface area contributed by atoms with E-state index in [1.807, 2.05) is 13.8 Å². The van der Waals surface area contributed by atoms with Crippen molar-refractivity contribution in [1.29, 1.82) is 0 Å². The molecule has 8 nitrogen and oxygen atoms in total. The standard InChI is InChI=1S/C20H33N3O5S/c1-6-23(7-2)29(26,27)18-11-9-17(10-12-18)21-19(24)14-22(13-16(4)5)15-20(25)28-8-3/h9-12,16H,6-8,13-15H2,1-5H3,(H,21,24). The molecule has 0 unspecified atom stereocenters. The van der Waals surface area contributed by atoms with Gasteiger partial charge in [-0.25, -0.2) is 8.42 Å². The van der Waals surface area contributed by atoms with Crippen LogP contribution >= 0.6 is 0 Å². The van der Waals surface area contributed by atoms with Gasteiger partial charge in [0.1, 0.15) is 0 Å². The Morgan fingerprint density at radius 1 is 1.03 bits per heavy atom. The van der Waals surface area contributed by atoms with Crippen LogP contribution < -0.4 is 5.32 Å². The van der Waals surface area contributed by atoms with Crippen molar-refractivity contribution in [1.82, 2.24) is 9.21 Å². The molecule has 0 heterocycles. The fourth-order valence-electron chi connectivity index (χ4n) is 2.92. The molecule has 0 aliphatic rings. The van der Waals surface area contributed by atoms with Gasteiger partial charge in [0, 0.05) is 25.3 Å². The van der Waals surface area contributed by atoms with E-state index in [0.717, 1.165) is 0 Å². The van der Waals surface area contributed by atoms with Crippen LogP contribution in [-0.4, -0.2) is 68.8 Å². The zero-order valence-electron chi connectivity index (χ0n) is 18.0. The fourth-order valence-corrected chi connectivity index (χ4v) is 4.38. The van der Waals surface area contributed by atoms with Crippen molar-refractivity contribution in [3.8, 4) is 0 Å². The molecule has 0 radical (unpaired) electrons. The fraction of sp³-hybridized carbons (Fsp3) is 0.600. The van der Waals surface area contributed by atoms with E-state index < -0.39 is 10.0 Å². The molecule has 1 N–H and O–H groups in total. The van der Waals surface area contributed by atoms with E-state index in [1.54, 1.807) is 37.8 Å². The van der Waals surface area contributed by atoms with Gasteiger partial charge in [-0.3, -0.25) is 14.5 Å². The highest BCUT2D eigenvalue weighted by atomic mass is 32.2. The van der Waals surface area contributed by atoms with E-state index in [4.69, 9.17) is 4.74 Å². The van der Waals surface area contributed by atoms with Gasteiger partial charge < -0.3 is 10.1 Å². The molecule has 1 amide bonds. The van der Waals surface area contributed by atoms with E-state index in [1.165, 1.54) is 16.4 Å². The topological polar surface area (TPSA) is 96.0 Å². The highest BCUT2D eigenvalue weighted by Gasteiger charge is 2.21. The zero-order valence-corrected chi connectivity index (χ0v) is 18.8. The van der Waals surface area contributed by atoms with Gasteiger partial charge in [-0.1, -0.05) is 27.7 Å². The number of esters is 1. The molecule has 29 heavy (non-hydrogen) atoms. The van der Waals surface area contributed by atoms with Crippen molar-refractivity contribution in [2.45, 2.75) is 39.5 Å². The summed E-state index contributed by atoms with van der Waals surface area (Å²) in [7, 11) is -3.54. The molecule has 0 atom stereocenters. The third-order valence-corrected chi connectivity index (χ3v) is 6.19. The van der Waals surface area contributed by atoms with Crippen LogP contribution in [0.4, 0.5) is 5.69 Å². The summed E-state index contributed by atoms with van der Waals surface area (Å²) in [6.07, 6.45) is 0. The number of anilines is 1. The molecule has 0 saturated carbocycles. The van der Waals surface area contributed by atoms with Gasteiger partial charge in [0.05, 0.1) is 24.6 Å². The van der Waals surface area contributed by atoms with Crippen LogP contribution in [0.25, 0.3) is 0 Å². The summed E-state index contributed by atoms with van der Waals surface area (Å²) in [5.74, 6) is -0.372. The lowest BCUT2D eigenvalue weighted by Gasteiger charge is -2.22. The lowest BCUT2D eigenvalue weighted by atomic mass is 10.2. The van der Waals surface area contributed by atoms with Crippen molar-refractivity contribution in [2.24, 2.45) is 5.92 Å². The maximum Gasteiger partial charge on any atom is 0.320 e. The number of rotatable bonds is 12. The summed E-state index contributed by atoms with van der Waals surface area (Å²) in [5.41, 5.74) is 0.495. The molecule has 0 aliphatic carbocycles. The van der Waals surface area contributed by atoms with E-state index in [-0.39, 0.29) is 35.8 Å². The number of sulfonamides is 1. The van der Waals surface area contributed by atoms with Crippen molar-refractivity contribution >= 4 is 27.6 Å². The highest BCUT2D eigenvalue weighted by molar-refractivity contribution is 7.89. The maximum absolute atomic E-state index is 12.5. The summed E-state index contributed by atoms with van der Waals surface area (Å²) < 4.78 is 31.4. The summed E-state index contributed by atoms with van der Waals surface area (Å²) in [6.45, 7) is 11.1. The Bertz CT molecular complexity index is 759. The minimum atomic E-state index is -3.54. The lowest BCUT2D eigenvalue weighted by molar-refractivity contribution is -0.144. The van der Waals surface area contributed by atoms with Gasteiger partial charge in [0.25, 0.3) is 0 Å². The smallest absolute Gasteiger partial charge is 0.320 e. The predicted molar refractivity (Wildman–Crippen MR) is 113 cm³/mol. The molecule has 0 aromatic heterocycles. The molecule has 164 valence electrons. The Balaban J connectivity index is 2.78. The molecular weight excluding hydrogens is 394 g/mol. The molecular formula is C20H33N3O5S. The first-order chi connectivity index (χ1) is 13.6. The zero-order chi connectivity index (χ0) is 22.0. The first-order valence-electron chi connectivity index (χ1n) is 9.91. The van der Waals surface area contributed by atoms with Crippen LogP contribution in [0.2, 0.25) is 0 Å². The first-order valence-corrected chi connectivity index (χ1v) is 11.4. The van der Waals surface area contributed by atoms with Gasteiger partial charge >= 0.3 is 5.97 Å². The molecule has 1 aromatic carbocycles. The van der Waals surface area contributed by atoms with Gasteiger partial charge in [-0.05, 0) is 37.1 Å². The number of hydrogen-bond donors (Lipinski definition) is 1. The predicted octanol–water partition coefficient (Wildman–Crippen LogP) is 2.18. The molecule has 0 fully saturated rings. The number of ether oxygens (including phenoxy) is 1. The molecule has 0 saturated heterocycles. The Kier molecular flexibility index (Phi) is 10.3. The van der Waals surface area contributed by atoms with Gasteiger partial charge in [0.2, 0.25) is 15.9 Å². The number of benzene rings is 1. The second-order valence-electron chi connectivity index (χ2n) is 7.03. The van der Waals surface area contributed by atoms with Gasteiger partial charge in [0.15, 0.2) is 0 Å². The monoisotopic (exact) mass is 427 g/mol. The first kappa shape index (κ1) is 25.1. The SMILES string of the molecule is CCOC(=O)CN(CC(=O)Nc1ccc(S(=O)(=O)N(CC)CC)cc1)CC(C)C. The summed E-state index contributed by atoms with van der Waals surface area (Å²) in [4.78, 5) is 26.1. The van der Waals surface area contributed by atoms with E-state index >= 15 is 0 Å². The summed E-state index contributed by atoms with van der Waals surface area (Å²) >= 11 is 0. The number of carbonyl (C=O) groups excluding carboxylic acids is 2. The van der Waals surface area contributed by atoms with E-state index in [9.17, 15) is 18.0 Å². The minimum absolute atomic E-state index is 0.0382. The number of amides is 1. The molecule has 9 heteroatoms. The van der Waals surface area contributed by atoms with Crippen LogP contribution in [0.3, 0.4) is 0 Å². The molecule has 0 spiro atoms. The number of carbonyl (C=O) groups is 2. The minimum Gasteiger partial charge on any atom is -0.465 e. The molecule has 0 aliphatic heterocycles. The van der Waals surface area contributed by atoms with Crippen LogP contribution in [0.15, 0.2) is 29.2 Å². The normalized spacial score (nSPS) is 11.9. The number of nitrogens with zero attached hydrogens (tertiary/aromatic N) is 2. The molecule has 1 rings (SSSR count). The van der Waals surface area contributed by atoms with Crippen LogP contribution in [0, 0.1) is 5.92 Å². The largest absolute Gasteiger partial charge is 0.465 e. The molecule has 1 aromatic rings. The summed E-state index contributed by atoms with van der Waals surface area (Å²) in [5, 5.41) is 2.75. The lowest BCUT2D eigenvalue weighted by Crippen LogP contribution is -2.39. The highest BCUT2D eigenvalue weighted by Crippen LogP contribution is 2.18. The summed E-state index contributed by atoms with van der Waals surface area (Å²) in [6, 6.07) is 6.08. The van der Waals surface area contributed by atoms with Gasteiger partial charge in [-0.2, -0.15) is 4.31 Å². The average molecular weight is 428 g/mol. The quantitative estimate of drug-likeness (QED) is 0.514. The Morgan fingerprint density at radius 3 is 2.10 bits per heavy atom. The van der Waals surface area contributed by atoms with Crippen LogP contribution in [0.1, 0.15) is 34.6 Å². The van der Waals surface area contributed by atoms with Crippen LogP contribution in [-0.2, 0) is 24.3 Å². The molecule has 0 bridgehead atoms. The van der Waals surface area contributed by atoms with Crippen LogP contribution in [0.5, 0.6) is 0 Å². The third-order valence-electron chi connectivity index (χ3n) is 4.13. The van der Waals surface area contributed by atoms with E-state index in [0.29, 0.717) is 31.9 Å². The van der Waals surface area contributed by atoms with Crippen molar-refractivity contribution in [3.63, 3.8) is 0 Å². The average Bonchev–Trinajstić information content (AvgIpc) is 2.62. The van der Waals surface area contributed by atoms with Crippen molar-refractivity contribution in [2.75, 3.05) is 44.6 Å². The maximum atomic E-state index is 12.5. The second kappa shape index (κ2) is 11.9. The third kappa shape index (κ3) is 8.12. The Hall–Kier alpha value is -1.97.